The summed E-state index contributed by atoms with van der Waals surface area (Å²) in [6.07, 6.45) is 5.35. The van der Waals surface area contributed by atoms with Crippen LogP contribution in [0.4, 0.5) is 4.79 Å². The van der Waals surface area contributed by atoms with Crippen LogP contribution in [0.15, 0.2) is 18.5 Å². The van der Waals surface area contributed by atoms with Gasteiger partial charge in [0.25, 0.3) is 0 Å². The van der Waals surface area contributed by atoms with Gasteiger partial charge in [-0.05, 0) is 12.0 Å². The van der Waals surface area contributed by atoms with Crippen molar-refractivity contribution in [3.05, 3.63) is 29.9 Å². The third-order valence-corrected chi connectivity index (χ3v) is 3.53. The van der Waals surface area contributed by atoms with E-state index in [9.17, 15) is 4.79 Å². The molecule has 100 valence electrons. The number of ether oxygens (including phenoxy) is 1. The van der Waals surface area contributed by atoms with E-state index in [2.05, 4.69) is 9.97 Å². The molecule has 0 spiro atoms. The first-order valence-corrected chi connectivity index (χ1v) is 6.31. The molecular formula is C13H15N3O3. The van der Waals surface area contributed by atoms with Gasteiger partial charge in [0, 0.05) is 31.4 Å². The van der Waals surface area contributed by atoms with Crippen molar-refractivity contribution < 1.29 is 14.6 Å². The summed E-state index contributed by atoms with van der Waals surface area (Å²) >= 11 is 0. The van der Waals surface area contributed by atoms with E-state index in [-0.39, 0.29) is 5.92 Å². The van der Waals surface area contributed by atoms with E-state index in [4.69, 9.17) is 9.84 Å². The fourth-order valence-electron chi connectivity index (χ4n) is 2.44. The van der Waals surface area contributed by atoms with Gasteiger partial charge < -0.3 is 14.7 Å². The van der Waals surface area contributed by atoms with Crippen LogP contribution < -0.4 is 0 Å². The molecule has 0 bridgehead atoms. The summed E-state index contributed by atoms with van der Waals surface area (Å²) in [7, 11) is 0. The van der Waals surface area contributed by atoms with Crippen molar-refractivity contribution in [1.82, 2.24) is 14.9 Å². The lowest BCUT2D eigenvalue weighted by Gasteiger charge is -2.37. The van der Waals surface area contributed by atoms with Crippen LogP contribution in [0, 0.1) is 0 Å². The molecule has 0 atom stereocenters. The van der Waals surface area contributed by atoms with Crippen molar-refractivity contribution in [2.24, 2.45) is 0 Å². The number of nitrogens with zero attached hydrogens (tertiary/aromatic N) is 3. The van der Waals surface area contributed by atoms with E-state index in [1.54, 1.807) is 12.4 Å². The molecule has 0 unspecified atom stereocenters. The highest BCUT2D eigenvalue weighted by Gasteiger charge is 2.34. The molecule has 1 aromatic rings. The van der Waals surface area contributed by atoms with E-state index in [0.717, 1.165) is 23.4 Å². The standard InChI is InChI=1S/C13H15N3O3/c17-13(18)16-7-10(8-16)12-11(14-3-4-15-12)9-1-5-19-6-2-9/h1,3-4,10H,2,5-8H2,(H,17,18). The number of aromatic nitrogens is 2. The normalized spacial score (nSPS) is 19.8. The van der Waals surface area contributed by atoms with E-state index in [0.29, 0.717) is 26.3 Å². The Hall–Kier alpha value is -1.95. The van der Waals surface area contributed by atoms with Gasteiger partial charge >= 0.3 is 6.09 Å². The lowest BCUT2D eigenvalue weighted by molar-refractivity contribution is 0.104. The Morgan fingerprint density at radius 2 is 2.16 bits per heavy atom. The predicted molar refractivity (Wildman–Crippen MR) is 67.8 cm³/mol. The zero-order valence-corrected chi connectivity index (χ0v) is 10.5. The molecule has 0 aromatic carbocycles. The summed E-state index contributed by atoms with van der Waals surface area (Å²) in [5.74, 6) is 0.156. The van der Waals surface area contributed by atoms with Crippen molar-refractivity contribution in [3.8, 4) is 0 Å². The van der Waals surface area contributed by atoms with Crippen molar-refractivity contribution >= 4 is 11.7 Å². The highest BCUT2D eigenvalue weighted by Crippen LogP contribution is 2.31. The second-order valence-electron chi connectivity index (χ2n) is 4.73. The van der Waals surface area contributed by atoms with Gasteiger partial charge in [-0.2, -0.15) is 0 Å². The molecule has 6 nitrogen and oxygen atoms in total. The molecular weight excluding hydrogens is 246 g/mol. The minimum atomic E-state index is -0.869. The molecule has 6 heteroatoms. The number of amides is 1. The summed E-state index contributed by atoms with van der Waals surface area (Å²) in [4.78, 5) is 21.0. The highest BCUT2D eigenvalue weighted by atomic mass is 16.5. The predicted octanol–water partition coefficient (Wildman–Crippen LogP) is 1.36. The molecule has 1 aromatic heterocycles. The molecule has 1 N–H and O–H groups in total. The average molecular weight is 261 g/mol. The number of hydrogen-bond acceptors (Lipinski definition) is 4. The zero-order chi connectivity index (χ0) is 13.2. The Labute approximate surface area is 110 Å². The van der Waals surface area contributed by atoms with Gasteiger partial charge in [-0.25, -0.2) is 4.79 Å². The van der Waals surface area contributed by atoms with Crippen LogP contribution in [-0.2, 0) is 4.74 Å². The Kier molecular flexibility index (Phi) is 3.16. The molecule has 0 aliphatic carbocycles. The zero-order valence-electron chi connectivity index (χ0n) is 10.5. The van der Waals surface area contributed by atoms with Gasteiger partial charge in [-0.3, -0.25) is 9.97 Å². The van der Waals surface area contributed by atoms with E-state index < -0.39 is 6.09 Å². The number of hydrogen-bond donors (Lipinski definition) is 1. The van der Waals surface area contributed by atoms with Crippen molar-refractivity contribution in [3.63, 3.8) is 0 Å². The summed E-state index contributed by atoms with van der Waals surface area (Å²) in [5, 5.41) is 8.88. The summed E-state index contributed by atoms with van der Waals surface area (Å²) in [6.45, 7) is 2.32. The first-order valence-electron chi connectivity index (χ1n) is 6.31. The molecule has 0 saturated carbocycles. The van der Waals surface area contributed by atoms with Crippen molar-refractivity contribution in [1.29, 1.82) is 0 Å². The first-order chi connectivity index (χ1) is 9.25. The molecule has 19 heavy (non-hydrogen) atoms. The van der Waals surface area contributed by atoms with Gasteiger partial charge in [0.15, 0.2) is 0 Å². The van der Waals surface area contributed by atoms with Crippen LogP contribution in [0.25, 0.3) is 5.57 Å². The van der Waals surface area contributed by atoms with Gasteiger partial charge in [-0.15, -0.1) is 0 Å². The van der Waals surface area contributed by atoms with Crippen LogP contribution >= 0.6 is 0 Å². The number of carboxylic acid groups (broad SMARTS) is 1. The van der Waals surface area contributed by atoms with Gasteiger partial charge in [-0.1, -0.05) is 6.08 Å². The van der Waals surface area contributed by atoms with Gasteiger partial charge in [0.2, 0.25) is 0 Å². The summed E-state index contributed by atoms with van der Waals surface area (Å²) in [5.41, 5.74) is 2.97. The van der Waals surface area contributed by atoms with Gasteiger partial charge in [0.05, 0.1) is 24.6 Å². The smallest absolute Gasteiger partial charge is 0.407 e. The number of likely N-dealkylation sites (tertiary alicyclic amines) is 1. The minimum absolute atomic E-state index is 0.156. The molecule has 0 radical (unpaired) electrons. The summed E-state index contributed by atoms with van der Waals surface area (Å²) < 4.78 is 5.30. The lowest BCUT2D eigenvalue weighted by atomic mass is 9.91. The molecule has 1 fully saturated rings. The van der Waals surface area contributed by atoms with Gasteiger partial charge in [0.1, 0.15) is 0 Å². The Balaban J connectivity index is 1.83. The molecule has 3 heterocycles. The molecule has 3 rings (SSSR count). The molecule has 1 saturated heterocycles. The third kappa shape index (κ3) is 2.31. The van der Waals surface area contributed by atoms with Crippen LogP contribution in [-0.4, -0.2) is 52.4 Å². The van der Waals surface area contributed by atoms with Crippen LogP contribution in [0.2, 0.25) is 0 Å². The second-order valence-corrected chi connectivity index (χ2v) is 4.73. The first kappa shape index (κ1) is 12.1. The maximum absolute atomic E-state index is 10.8. The lowest BCUT2D eigenvalue weighted by Crippen LogP contribution is -2.48. The quantitative estimate of drug-likeness (QED) is 0.869. The number of carbonyl (C=O) groups is 1. The summed E-state index contributed by atoms with van der Waals surface area (Å²) in [6, 6.07) is 0. The fraction of sp³-hybridized carbons (Fsp3) is 0.462. The maximum Gasteiger partial charge on any atom is 0.407 e. The molecule has 2 aliphatic rings. The van der Waals surface area contributed by atoms with E-state index >= 15 is 0 Å². The fourth-order valence-corrected chi connectivity index (χ4v) is 2.44. The Morgan fingerprint density at radius 3 is 2.84 bits per heavy atom. The molecule has 1 amide bonds. The van der Waals surface area contributed by atoms with Crippen LogP contribution in [0.3, 0.4) is 0 Å². The molecule has 2 aliphatic heterocycles. The van der Waals surface area contributed by atoms with E-state index in [1.165, 1.54) is 4.90 Å². The van der Waals surface area contributed by atoms with Crippen molar-refractivity contribution in [2.45, 2.75) is 12.3 Å². The average Bonchev–Trinajstić information content (AvgIpc) is 2.38. The Morgan fingerprint density at radius 1 is 1.37 bits per heavy atom. The third-order valence-electron chi connectivity index (χ3n) is 3.53. The van der Waals surface area contributed by atoms with Crippen LogP contribution in [0.5, 0.6) is 0 Å². The topological polar surface area (TPSA) is 75.5 Å². The maximum atomic E-state index is 10.8. The van der Waals surface area contributed by atoms with Crippen LogP contribution in [0.1, 0.15) is 23.7 Å². The second kappa shape index (κ2) is 4.97. The van der Waals surface area contributed by atoms with Crippen molar-refractivity contribution in [2.75, 3.05) is 26.3 Å². The SMILES string of the molecule is O=C(O)N1CC(c2nccnc2C2=CCOCC2)C1. The monoisotopic (exact) mass is 261 g/mol. The Bertz CT molecular complexity index is 524. The largest absolute Gasteiger partial charge is 0.465 e. The van der Waals surface area contributed by atoms with E-state index in [1.807, 2.05) is 6.08 Å². The number of rotatable bonds is 2. The highest BCUT2D eigenvalue weighted by molar-refractivity contribution is 5.68. The minimum Gasteiger partial charge on any atom is -0.465 e.